The van der Waals surface area contributed by atoms with Crippen LogP contribution in [0.15, 0.2) is 63.0 Å². The fourth-order valence-electron chi connectivity index (χ4n) is 3.39. The number of amides is 1. The Balaban J connectivity index is 1.50. The van der Waals surface area contributed by atoms with Crippen molar-refractivity contribution in [1.82, 2.24) is 10.2 Å². The molecule has 134 valence electrons. The zero-order valence-electron chi connectivity index (χ0n) is 14.2. The van der Waals surface area contributed by atoms with Crippen molar-refractivity contribution in [3.05, 3.63) is 80.3 Å². The number of carbonyl (C=O) groups excluding carboxylic acids is 1. The van der Waals surface area contributed by atoms with Crippen LogP contribution in [0.3, 0.4) is 0 Å². The predicted octanol–water partition coefficient (Wildman–Crippen LogP) is 4.63. The number of hydrogen-bond donors (Lipinski definition) is 1. The second kappa shape index (κ2) is 7.78. The maximum absolute atomic E-state index is 12.4. The summed E-state index contributed by atoms with van der Waals surface area (Å²) in [7, 11) is 0. The van der Waals surface area contributed by atoms with Crippen LogP contribution in [0.1, 0.15) is 32.6 Å². The van der Waals surface area contributed by atoms with Crippen LogP contribution in [0.25, 0.3) is 0 Å². The van der Waals surface area contributed by atoms with E-state index in [4.69, 9.17) is 4.42 Å². The van der Waals surface area contributed by atoms with Gasteiger partial charge in [-0.2, -0.15) is 0 Å². The quantitative estimate of drug-likeness (QED) is 0.641. The molecule has 0 saturated carbocycles. The van der Waals surface area contributed by atoms with E-state index in [0.29, 0.717) is 17.0 Å². The molecular weight excluding hydrogens is 412 g/mol. The molecule has 0 radical (unpaired) electrons. The first-order chi connectivity index (χ1) is 12.7. The molecular formula is C20H19BrN2O2S. The molecule has 1 aliphatic rings. The summed E-state index contributed by atoms with van der Waals surface area (Å²) in [6.07, 6.45) is 1.04. The molecule has 1 N–H and O–H groups in total. The van der Waals surface area contributed by atoms with E-state index in [-0.39, 0.29) is 11.9 Å². The average Bonchev–Trinajstić information content (AvgIpc) is 3.34. The number of fused-ring (bicyclic) bond motifs is 1. The van der Waals surface area contributed by atoms with Crippen LogP contribution < -0.4 is 5.32 Å². The molecule has 2 aromatic heterocycles. The van der Waals surface area contributed by atoms with E-state index in [1.54, 1.807) is 23.5 Å². The summed E-state index contributed by atoms with van der Waals surface area (Å²) < 4.78 is 5.91. The van der Waals surface area contributed by atoms with Crippen LogP contribution in [0.5, 0.6) is 0 Å². The van der Waals surface area contributed by atoms with E-state index in [2.05, 4.69) is 67.9 Å². The van der Waals surface area contributed by atoms with Gasteiger partial charge in [-0.1, -0.05) is 30.3 Å². The van der Waals surface area contributed by atoms with Crippen molar-refractivity contribution in [2.45, 2.75) is 19.0 Å². The summed E-state index contributed by atoms with van der Waals surface area (Å²) in [5, 5.41) is 5.12. The van der Waals surface area contributed by atoms with Crippen molar-refractivity contribution in [3.8, 4) is 0 Å². The highest BCUT2D eigenvalue weighted by molar-refractivity contribution is 9.10. The van der Waals surface area contributed by atoms with Gasteiger partial charge in [0.15, 0.2) is 10.4 Å². The third-order valence-corrected chi connectivity index (χ3v) is 6.13. The molecule has 3 heterocycles. The number of hydrogen-bond acceptors (Lipinski definition) is 4. The van der Waals surface area contributed by atoms with Crippen molar-refractivity contribution in [2.75, 3.05) is 13.1 Å². The fraction of sp³-hybridized carbons (Fsp3) is 0.250. The number of thiophene rings is 1. The van der Waals surface area contributed by atoms with Crippen molar-refractivity contribution >= 4 is 33.2 Å². The minimum absolute atomic E-state index is 0.158. The number of halogens is 1. The Labute approximate surface area is 165 Å². The van der Waals surface area contributed by atoms with Gasteiger partial charge in [0, 0.05) is 24.5 Å². The van der Waals surface area contributed by atoms with Crippen LogP contribution in [0.2, 0.25) is 0 Å². The monoisotopic (exact) mass is 430 g/mol. The van der Waals surface area contributed by atoms with Gasteiger partial charge in [-0.25, -0.2) is 0 Å². The second-order valence-electron chi connectivity index (χ2n) is 6.33. The first kappa shape index (κ1) is 17.5. The molecule has 0 aliphatic carbocycles. The highest BCUT2D eigenvalue weighted by atomic mass is 79.9. The molecule has 1 amide bonds. The zero-order valence-corrected chi connectivity index (χ0v) is 16.6. The number of carbonyl (C=O) groups is 1. The molecule has 0 saturated heterocycles. The third kappa shape index (κ3) is 3.77. The van der Waals surface area contributed by atoms with Crippen LogP contribution in [0, 0.1) is 0 Å². The van der Waals surface area contributed by atoms with Gasteiger partial charge >= 0.3 is 0 Å². The Morgan fingerprint density at radius 2 is 2.04 bits per heavy atom. The lowest BCUT2D eigenvalue weighted by Gasteiger charge is -2.35. The van der Waals surface area contributed by atoms with E-state index >= 15 is 0 Å². The summed E-state index contributed by atoms with van der Waals surface area (Å²) >= 11 is 4.97. The minimum Gasteiger partial charge on any atom is -0.444 e. The maximum atomic E-state index is 12.4. The van der Waals surface area contributed by atoms with Crippen molar-refractivity contribution in [2.24, 2.45) is 0 Å². The standard InChI is InChI=1S/C20H19BrN2O2S/c21-19-8-7-17(25-19)20(24)22-12-16(18-6-3-11-26-18)23-10-9-14-4-1-2-5-15(14)13-23/h1-8,11,16H,9-10,12-13H2,(H,22,24). The van der Waals surface area contributed by atoms with Gasteiger partial charge < -0.3 is 9.73 Å². The molecule has 4 rings (SSSR count). The third-order valence-electron chi connectivity index (χ3n) is 4.73. The molecule has 1 aliphatic heterocycles. The first-order valence-electron chi connectivity index (χ1n) is 8.58. The summed E-state index contributed by atoms with van der Waals surface area (Å²) in [4.78, 5) is 16.1. The number of rotatable bonds is 5. The van der Waals surface area contributed by atoms with E-state index in [1.807, 2.05) is 0 Å². The summed E-state index contributed by atoms with van der Waals surface area (Å²) in [6.45, 7) is 2.45. The lowest BCUT2D eigenvalue weighted by Crippen LogP contribution is -2.40. The number of nitrogens with zero attached hydrogens (tertiary/aromatic N) is 1. The fourth-order valence-corrected chi connectivity index (χ4v) is 4.55. The van der Waals surface area contributed by atoms with Crippen molar-refractivity contribution in [3.63, 3.8) is 0 Å². The molecule has 1 atom stereocenters. The normalized spacial score (nSPS) is 15.4. The Morgan fingerprint density at radius 1 is 1.19 bits per heavy atom. The van der Waals surface area contributed by atoms with Gasteiger partial charge in [-0.15, -0.1) is 11.3 Å². The van der Waals surface area contributed by atoms with E-state index in [0.717, 1.165) is 19.5 Å². The molecule has 0 bridgehead atoms. The van der Waals surface area contributed by atoms with E-state index in [9.17, 15) is 4.79 Å². The molecule has 3 aromatic rings. The van der Waals surface area contributed by atoms with Crippen LogP contribution >= 0.6 is 27.3 Å². The summed E-state index contributed by atoms with van der Waals surface area (Å²) in [5.74, 6) is 0.139. The largest absolute Gasteiger partial charge is 0.444 e. The van der Waals surface area contributed by atoms with E-state index in [1.165, 1.54) is 16.0 Å². The van der Waals surface area contributed by atoms with Gasteiger partial charge in [0.05, 0.1) is 6.04 Å². The Kier molecular flexibility index (Phi) is 5.24. The van der Waals surface area contributed by atoms with Gasteiger partial charge in [-0.05, 0) is 57.1 Å². The number of nitrogens with one attached hydrogen (secondary N) is 1. The average molecular weight is 431 g/mol. The molecule has 0 fully saturated rings. The lowest BCUT2D eigenvalue weighted by molar-refractivity contribution is 0.0900. The molecule has 6 heteroatoms. The first-order valence-corrected chi connectivity index (χ1v) is 10.3. The van der Waals surface area contributed by atoms with Crippen LogP contribution in [-0.4, -0.2) is 23.9 Å². The SMILES string of the molecule is O=C(NCC(c1cccs1)N1CCc2ccccc2C1)c1ccc(Br)o1. The van der Waals surface area contributed by atoms with Crippen molar-refractivity contribution < 1.29 is 9.21 Å². The number of benzene rings is 1. The highest BCUT2D eigenvalue weighted by Gasteiger charge is 2.26. The highest BCUT2D eigenvalue weighted by Crippen LogP contribution is 2.30. The second-order valence-corrected chi connectivity index (χ2v) is 8.10. The van der Waals surface area contributed by atoms with Crippen molar-refractivity contribution in [1.29, 1.82) is 0 Å². The molecule has 26 heavy (non-hydrogen) atoms. The predicted molar refractivity (Wildman–Crippen MR) is 106 cm³/mol. The van der Waals surface area contributed by atoms with Gasteiger partial charge in [-0.3, -0.25) is 9.69 Å². The van der Waals surface area contributed by atoms with Gasteiger partial charge in [0.2, 0.25) is 0 Å². The number of furan rings is 1. The Hall–Kier alpha value is -1.89. The van der Waals surface area contributed by atoms with Gasteiger partial charge in [0.1, 0.15) is 0 Å². The van der Waals surface area contributed by atoms with Gasteiger partial charge in [0.25, 0.3) is 5.91 Å². The zero-order chi connectivity index (χ0) is 17.9. The molecule has 4 nitrogen and oxygen atoms in total. The summed E-state index contributed by atoms with van der Waals surface area (Å²) in [5.41, 5.74) is 2.81. The van der Waals surface area contributed by atoms with Crippen LogP contribution in [0.4, 0.5) is 0 Å². The molecule has 1 unspecified atom stereocenters. The van der Waals surface area contributed by atoms with E-state index < -0.39 is 0 Å². The molecule has 0 spiro atoms. The smallest absolute Gasteiger partial charge is 0.287 e. The maximum Gasteiger partial charge on any atom is 0.287 e. The Morgan fingerprint density at radius 3 is 2.77 bits per heavy atom. The lowest BCUT2D eigenvalue weighted by atomic mass is 9.98. The minimum atomic E-state index is -0.185. The topological polar surface area (TPSA) is 45.5 Å². The Bertz CT molecular complexity index is 891. The molecule has 1 aromatic carbocycles. The van der Waals surface area contributed by atoms with Crippen LogP contribution in [-0.2, 0) is 13.0 Å². The summed E-state index contributed by atoms with van der Waals surface area (Å²) in [6, 6.07) is 16.4.